The zero-order valence-corrected chi connectivity index (χ0v) is 12.0. The van der Waals surface area contributed by atoms with Crippen molar-refractivity contribution < 1.29 is 9.53 Å². The molecule has 98 valence electrons. The Morgan fingerprint density at radius 1 is 1.61 bits per heavy atom. The Morgan fingerprint density at radius 3 is 2.94 bits per heavy atom. The zero-order valence-electron chi connectivity index (χ0n) is 10.4. The quantitative estimate of drug-likeness (QED) is 0.850. The number of anilines is 1. The number of aryl methyl sites for hydroxylation is 1. The normalized spacial score (nSPS) is 23.2. The first-order valence-corrected chi connectivity index (χ1v) is 6.55. The minimum atomic E-state index is -0.724. The van der Waals surface area contributed by atoms with Crippen molar-refractivity contribution in [3.63, 3.8) is 0 Å². The van der Waals surface area contributed by atoms with Crippen molar-refractivity contribution in [2.24, 2.45) is 5.73 Å². The molecular weight excluding hydrogens is 298 g/mol. The van der Waals surface area contributed by atoms with Gasteiger partial charge in [0.1, 0.15) is 16.0 Å². The molecule has 1 aromatic rings. The zero-order chi connectivity index (χ0) is 13.3. The molecule has 1 fully saturated rings. The van der Waals surface area contributed by atoms with Crippen molar-refractivity contribution in [3.8, 4) is 0 Å². The highest BCUT2D eigenvalue weighted by atomic mass is 79.9. The molecule has 1 atom stereocenters. The van der Waals surface area contributed by atoms with Gasteiger partial charge in [-0.15, -0.1) is 0 Å². The highest BCUT2D eigenvalue weighted by molar-refractivity contribution is 9.10. The number of ether oxygens (including phenoxy) is 1. The number of carbonyl (C=O) groups is 1. The van der Waals surface area contributed by atoms with Crippen LogP contribution in [0.25, 0.3) is 0 Å². The van der Waals surface area contributed by atoms with Gasteiger partial charge in [-0.1, -0.05) is 0 Å². The van der Waals surface area contributed by atoms with Crippen LogP contribution in [0.5, 0.6) is 0 Å². The third-order valence-corrected chi connectivity index (χ3v) is 3.44. The van der Waals surface area contributed by atoms with E-state index in [1.54, 1.807) is 0 Å². The topological polar surface area (TPSA) is 68.5 Å². The minimum Gasteiger partial charge on any atom is -0.441 e. The van der Waals surface area contributed by atoms with E-state index in [2.05, 4.69) is 25.8 Å². The Hall–Kier alpha value is -1.30. The molecule has 1 unspecified atom stereocenters. The Labute approximate surface area is 114 Å². The molecule has 18 heavy (non-hydrogen) atoms. The van der Waals surface area contributed by atoms with Gasteiger partial charge in [0.2, 0.25) is 0 Å². The van der Waals surface area contributed by atoms with E-state index in [9.17, 15) is 4.79 Å². The molecule has 2 rings (SSSR count). The SMILES string of the molecule is Cc1cc(Br)nc(N2CCC(C)(OC(N)=O)C2)c1. The van der Waals surface area contributed by atoms with E-state index in [1.807, 2.05) is 26.0 Å². The number of hydrogen-bond acceptors (Lipinski definition) is 4. The lowest BCUT2D eigenvalue weighted by atomic mass is 10.1. The van der Waals surface area contributed by atoms with Gasteiger partial charge in [-0.05, 0) is 47.5 Å². The predicted molar refractivity (Wildman–Crippen MR) is 72.6 cm³/mol. The van der Waals surface area contributed by atoms with Crippen LogP contribution in [0.15, 0.2) is 16.7 Å². The van der Waals surface area contributed by atoms with Gasteiger partial charge in [0, 0.05) is 13.0 Å². The summed E-state index contributed by atoms with van der Waals surface area (Å²) in [4.78, 5) is 17.4. The summed E-state index contributed by atoms with van der Waals surface area (Å²) in [5, 5.41) is 0. The molecule has 0 spiro atoms. The molecule has 2 heterocycles. The van der Waals surface area contributed by atoms with Crippen LogP contribution >= 0.6 is 15.9 Å². The van der Waals surface area contributed by atoms with Crippen LogP contribution in [0.2, 0.25) is 0 Å². The molecule has 1 saturated heterocycles. The second-order valence-electron chi connectivity index (χ2n) is 4.87. The number of aromatic nitrogens is 1. The first-order chi connectivity index (χ1) is 8.38. The number of nitrogens with zero attached hydrogens (tertiary/aromatic N) is 2. The maximum atomic E-state index is 10.9. The number of hydrogen-bond donors (Lipinski definition) is 1. The molecular formula is C12H16BrN3O2. The molecule has 0 bridgehead atoms. The fraction of sp³-hybridized carbons (Fsp3) is 0.500. The molecule has 1 aromatic heterocycles. The van der Waals surface area contributed by atoms with Gasteiger partial charge in [-0.25, -0.2) is 9.78 Å². The summed E-state index contributed by atoms with van der Waals surface area (Å²) in [7, 11) is 0. The van der Waals surface area contributed by atoms with Crippen molar-refractivity contribution in [1.82, 2.24) is 4.98 Å². The van der Waals surface area contributed by atoms with E-state index in [4.69, 9.17) is 10.5 Å². The highest BCUT2D eigenvalue weighted by Crippen LogP contribution is 2.29. The number of pyridine rings is 1. The van der Waals surface area contributed by atoms with Crippen molar-refractivity contribution >= 4 is 27.8 Å². The maximum absolute atomic E-state index is 10.9. The van der Waals surface area contributed by atoms with Gasteiger partial charge in [0.15, 0.2) is 0 Å². The lowest BCUT2D eigenvalue weighted by Crippen LogP contribution is -2.37. The summed E-state index contributed by atoms with van der Waals surface area (Å²) >= 11 is 3.39. The molecule has 0 saturated carbocycles. The maximum Gasteiger partial charge on any atom is 0.405 e. The van der Waals surface area contributed by atoms with Crippen LogP contribution in [-0.4, -0.2) is 29.8 Å². The molecule has 1 aliphatic heterocycles. The number of rotatable bonds is 2. The van der Waals surface area contributed by atoms with Crippen LogP contribution in [-0.2, 0) is 4.74 Å². The van der Waals surface area contributed by atoms with Crippen LogP contribution in [0, 0.1) is 6.92 Å². The van der Waals surface area contributed by atoms with Gasteiger partial charge in [-0.3, -0.25) is 0 Å². The van der Waals surface area contributed by atoms with E-state index >= 15 is 0 Å². The smallest absolute Gasteiger partial charge is 0.405 e. The number of nitrogens with two attached hydrogens (primary N) is 1. The van der Waals surface area contributed by atoms with Gasteiger partial charge in [-0.2, -0.15) is 0 Å². The molecule has 0 radical (unpaired) electrons. The second-order valence-corrected chi connectivity index (χ2v) is 5.68. The Bertz CT molecular complexity index is 460. The van der Waals surface area contributed by atoms with Crippen LogP contribution in [0.4, 0.5) is 10.6 Å². The van der Waals surface area contributed by atoms with Gasteiger partial charge < -0.3 is 15.4 Å². The fourth-order valence-corrected chi connectivity index (χ4v) is 2.77. The molecule has 5 nitrogen and oxygen atoms in total. The van der Waals surface area contributed by atoms with Gasteiger partial charge >= 0.3 is 6.09 Å². The van der Waals surface area contributed by atoms with Crippen molar-refractivity contribution in [2.75, 3.05) is 18.0 Å². The van der Waals surface area contributed by atoms with Crippen molar-refractivity contribution in [3.05, 3.63) is 22.3 Å². The Balaban J connectivity index is 2.15. The summed E-state index contributed by atoms with van der Waals surface area (Å²) in [6.07, 6.45) is 0.0288. The fourth-order valence-electron chi connectivity index (χ4n) is 2.22. The Morgan fingerprint density at radius 2 is 2.33 bits per heavy atom. The van der Waals surface area contributed by atoms with Crippen LogP contribution < -0.4 is 10.6 Å². The van der Waals surface area contributed by atoms with Crippen molar-refractivity contribution in [2.45, 2.75) is 25.9 Å². The van der Waals surface area contributed by atoms with Crippen LogP contribution in [0.1, 0.15) is 18.9 Å². The van der Waals surface area contributed by atoms with E-state index in [0.29, 0.717) is 6.54 Å². The molecule has 0 aromatic carbocycles. The number of carbonyl (C=O) groups excluding carboxylic acids is 1. The third-order valence-electron chi connectivity index (χ3n) is 3.03. The summed E-state index contributed by atoms with van der Waals surface area (Å²) in [5.41, 5.74) is 5.70. The largest absolute Gasteiger partial charge is 0.441 e. The lowest BCUT2D eigenvalue weighted by Gasteiger charge is -2.24. The van der Waals surface area contributed by atoms with E-state index in [-0.39, 0.29) is 0 Å². The summed E-state index contributed by atoms with van der Waals surface area (Å²) in [5.74, 6) is 0.888. The summed E-state index contributed by atoms with van der Waals surface area (Å²) in [6, 6.07) is 3.97. The molecule has 2 N–H and O–H groups in total. The van der Waals surface area contributed by atoms with Crippen molar-refractivity contribution in [1.29, 1.82) is 0 Å². The Kier molecular flexibility index (Phi) is 3.47. The monoisotopic (exact) mass is 313 g/mol. The number of primary amides is 1. The molecule has 1 amide bonds. The second kappa shape index (κ2) is 4.76. The van der Waals surface area contributed by atoms with Gasteiger partial charge in [0.25, 0.3) is 0 Å². The first kappa shape index (κ1) is 13.1. The number of halogens is 1. The predicted octanol–water partition coefficient (Wildman–Crippen LogP) is 2.22. The van der Waals surface area contributed by atoms with Gasteiger partial charge in [0.05, 0.1) is 6.54 Å². The summed E-state index contributed by atoms with van der Waals surface area (Å²) < 4.78 is 5.98. The lowest BCUT2D eigenvalue weighted by molar-refractivity contribution is 0.0480. The first-order valence-electron chi connectivity index (χ1n) is 5.76. The standard InChI is InChI=1S/C12H16BrN3O2/c1-8-5-9(13)15-10(6-8)16-4-3-12(2,7-16)18-11(14)17/h5-6H,3-4,7H2,1-2H3,(H2,14,17). The average molecular weight is 314 g/mol. The highest BCUT2D eigenvalue weighted by Gasteiger charge is 2.37. The summed E-state index contributed by atoms with van der Waals surface area (Å²) in [6.45, 7) is 5.32. The molecule has 1 aliphatic rings. The van der Waals surface area contributed by atoms with Crippen LogP contribution in [0.3, 0.4) is 0 Å². The average Bonchev–Trinajstić information content (AvgIpc) is 2.57. The molecule has 6 heteroatoms. The molecule has 0 aliphatic carbocycles. The third kappa shape index (κ3) is 2.93. The van der Waals surface area contributed by atoms with E-state index < -0.39 is 11.7 Å². The minimum absolute atomic E-state index is 0.524. The van der Waals surface area contributed by atoms with E-state index in [1.165, 1.54) is 0 Å². The number of amides is 1. The van der Waals surface area contributed by atoms with E-state index in [0.717, 1.165) is 29.0 Å².